The van der Waals surface area contributed by atoms with Gasteiger partial charge in [0.2, 0.25) is 5.91 Å². The SMILES string of the molecule is O=C(C[C@H]1NC(=O)N(Cc2ccco2)C1=O)NCc1ccccn1. The first-order chi connectivity index (χ1) is 11.6. The second-order valence-corrected chi connectivity index (χ2v) is 5.31. The maximum atomic E-state index is 12.3. The van der Waals surface area contributed by atoms with Crippen LogP contribution in [0.5, 0.6) is 0 Å². The van der Waals surface area contributed by atoms with E-state index in [-0.39, 0.29) is 25.4 Å². The predicted molar refractivity (Wildman–Crippen MR) is 82.3 cm³/mol. The van der Waals surface area contributed by atoms with Crippen LogP contribution in [0.1, 0.15) is 17.9 Å². The molecule has 1 atom stereocenters. The molecule has 0 aliphatic carbocycles. The lowest BCUT2D eigenvalue weighted by Gasteiger charge is -2.11. The molecule has 1 aliphatic heterocycles. The quantitative estimate of drug-likeness (QED) is 0.763. The monoisotopic (exact) mass is 328 g/mol. The fraction of sp³-hybridized carbons (Fsp3) is 0.250. The van der Waals surface area contributed by atoms with Crippen molar-refractivity contribution >= 4 is 17.8 Å². The van der Waals surface area contributed by atoms with Gasteiger partial charge in [0.1, 0.15) is 11.8 Å². The molecule has 3 rings (SSSR count). The molecule has 2 aromatic heterocycles. The van der Waals surface area contributed by atoms with E-state index in [0.717, 1.165) is 4.90 Å². The number of hydrogen-bond acceptors (Lipinski definition) is 5. The Balaban J connectivity index is 1.52. The molecule has 8 heteroatoms. The first kappa shape index (κ1) is 15.7. The summed E-state index contributed by atoms with van der Waals surface area (Å²) in [6.45, 7) is 0.314. The third-order valence-corrected chi connectivity index (χ3v) is 3.58. The standard InChI is InChI=1S/C16H16N4O4/c21-14(18-9-11-4-1-2-6-17-11)8-13-15(22)20(16(23)19-13)10-12-5-3-7-24-12/h1-7,13H,8-10H2,(H,18,21)(H,19,23)/t13-/m1/s1. The fourth-order valence-corrected chi connectivity index (χ4v) is 2.37. The molecule has 0 aromatic carbocycles. The fourth-order valence-electron chi connectivity index (χ4n) is 2.37. The Morgan fingerprint density at radius 2 is 2.17 bits per heavy atom. The second-order valence-electron chi connectivity index (χ2n) is 5.31. The Bertz CT molecular complexity index is 730. The molecule has 0 unspecified atom stereocenters. The Morgan fingerprint density at radius 1 is 1.29 bits per heavy atom. The van der Waals surface area contributed by atoms with Crippen molar-refractivity contribution in [3.8, 4) is 0 Å². The molecular formula is C16H16N4O4. The Hall–Kier alpha value is -3.16. The number of hydrogen-bond donors (Lipinski definition) is 2. The van der Waals surface area contributed by atoms with Crippen LogP contribution in [-0.4, -0.2) is 33.8 Å². The third kappa shape index (κ3) is 3.60. The molecule has 1 fully saturated rings. The van der Waals surface area contributed by atoms with Crippen molar-refractivity contribution < 1.29 is 18.8 Å². The number of imide groups is 1. The summed E-state index contributed by atoms with van der Waals surface area (Å²) in [7, 11) is 0. The molecule has 8 nitrogen and oxygen atoms in total. The largest absolute Gasteiger partial charge is 0.467 e. The van der Waals surface area contributed by atoms with Crippen molar-refractivity contribution in [3.05, 3.63) is 54.2 Å². The van der Waals surface area contributed by atoms with Crippen LogP contribution in [0.2, 0.25) is 0 Å². The maximum absolute atomic E-state index is 12.3. The van der Waals surface area contributed by atoms with E-state index in [2.05, 4.69) is 15.6 Å². The molecular weight excluding hydrogens is 312 g/mol. The Kier molecular flexibility index (Phi) is 4.55. The number of nitrogens with zero attached hydrogens (tertiary/aromatic N) is 2. The molecule has 0 bridgehead atoms. The van der Waals surface area contributed by atoms with Crippen LogP contribution in [0.25, 0.3) is 0 Å². The van der Waals surface area contributed by atoms with E-state index in [1.807, 2.05) is 6.07 Å². The van der Waals surface area contributed by atoms with Crippen LogP contribution in [0.4, 0.5) is 4.79 Å². The van der Waals surface area contributed by atoms with Crippen molar-refractivity contribution in [2.75, 3.05) is 0 Å². The molecule has 124 valence electrons. The van der Waals surface area contributed by atoms with E-state index < -0.39 is 18.0 Å². The summed E-state index contributed by atoms with van der Waals surface area (Å²) in [5.74, 6) is -0.276. The number of carbonyl (C=O) groups is 3. The highest BCUT2D eigenvalue weighted by Gasteiger charge is 2.39. The van der Waals surface area contributed by atoms with Crippen LogP contribution in [0, 0.1) is 0 Å². The van der Waals surface area contributed by atoms with Gasteiger partial charge in [-0.3, -0.25) is 19.5 Å². The first-order valence-corrected chi connectivity index (χ1v) is 7.44. The average molecular weight is 328 g/mol. The smallest absolute Gasteiger partial charge is 0.325 e. The van der Waals surface area contributed by atoms with E-state index in [1.54, 1.807) is 30.5 Å². The summed E-state index contributed by atoms with van der Waals surface area (Å²) >= 11 is 0. The molecule has 4 amide bonds. The summed E-state index contributed by atoms with van der Waals surface area (Å²) in [4.78, 5) is 41.3. The second kappa shape index (κ2) is 6.95. The summed E-state index contributed by atoms with van der Waals surface area (Å²) in [6.07, 6.45) is 2.98. The van der Waals surface area contributed by atoms with Crippen molar-refractivity contribution in [2.45, 2.75) is 25.6 Å². The zero-order valence-electron chi connectivity index (χ0n) is 12.8. The van der Waals surface area contributed by atoms with E-state index >= 15 is 0 Å². The third-order valence-electron chi connectivity index (χ3n) is 3.58. The van der Waals surface area contributed by atoms with Crippen LogP contribution < -0.4 is 10.6 Å². The first-order valence-electron chi connectivity index (χ1n) is 7.44. The minimum atomic E-state index is -0.865. The van der Waals surface area contributed by atoms with Crippen molar-refractivity contribution in [2.24, 2.45) is 0 Å². The van der Waals surface area contributed by atoms with Crippen LogP contribution in [0.15, 0.2) is 47.2 Å². The highest BCUT2D eigenvalue weighted by atomic mass is 16.3. The van der Waals surface area contributed by atoms with E-state index in [4.69, 9.17) is 4.42 Å². The number of furan rings is 1. The molecule has 2 N–H and O–H groups in total. The van der Waals surface area contributed by atoms with Gasteiger partial charge in [-0.1, -0.05) is 6.07 Å². The number of urea groups is 1. The molecule has 0 spiro atoms. The Morgan fingerprint density at radius 3 is 2.88 bits per heavy atom. The summed E-state index contributed by atoms with van der Waals surface area (Å²) in [6, 6.07) is 7.35. The van der Waals surface area contributed by atoms with Gasteiger partial charge in [0, 0.05) is 6.20 Å². The van der Waals surface area contributed by atoms with Gasteiger partial charge in [-0.05, 0) is 24.3 Å². The number of rotatable bonds is 6. The topological polar surface area (TPSA) is 105 Å². The normalized spacial score (nSPS) is 17.0. The van der Waals surface area contributed by atoms with Gasteiger partial charge in [-0.15, -0.1) is 0 Å². The molecule has 1 aliphatic rings. The minimum absolute atomic E-state index is 0.0454. The number of nitrogens with one attached hydrogen (secondary N) is 2. The van der Waals surface area contributed by atoms with Crippen LogP contribution >= 0.6 is 0 Å². The summed E-state index contributed by atoms with van der Waals surface area (Å²) < 4.78 is 5.14. The zero-order chi connectivity index (χ0) is 16.9. The Labute approximate surface area is 137 Å². The number of pyridine rings is 1. The molecule has 24 heavy (non-hydrogen) atoms. The van der Waals surface area contributed by atoms with Gasteiger partial charge >= 0.3 is 6.03 Å². The molecule has 0 saturated carbocycles. The van der Waals surface area contributed by atoms with Crippen molar-refractivity contribution in [3.63, 3.8) is 0 Å². The molecule has 1 saturated heterocycles. The molecule has 0 radical (unpaired) electrons. The lowest BCUT2D eigenvalue weighted by atomic mass is 10.2. The summed E-state index contributed by atoms with van der Waals surface area (Å²) in [5.41, 5.74) is 0.715. The average Bonchev–Trinajstić information content (AvgIpc) is 3.18. The lowest BCUT2D eigenvalue weighted by Crippen LogP contribution is -2.36. The summed E-state index contributed by atoms with van der Waals surface area (Å²) in [5, 5.41) is 5.19. The van der Waals surface area contributed by atoms with E-state index in [1.165, 1.54) is 6.26 Å². The van der Waals surface area contributed by atoms with Gasteiger partial charge in [-0.25, -0.2) is 4.79 Å². The predicted octanol–water partition coefficient (Wildman–Crippen LogP) is 0.801. The highest BCUT2D eigenvalue weighted by Crippen LogP contribution is 2.14. The minimum Gasteiger partial charge on any atom is -0.467 e. The van der Waals surface area contributed by atoms with Gasteiger partial charge < -0.3 is 15.1 Å². The van der Waals surface area contributed by atoms with Gasteiger partial charge in [0.05, 0.1) is 31.5 Å². The van der Waals surface area contributed by atoms with Crippen molar-refractivity contribution in [1.82, 2.24) is 20.5 Å². The maximum Gasteiger partial charge on any atom is 0.325 e. The number of aromatic nitrogens is 1. The van der Waals surface area contributed by atoms with Gasteiger partial charge in [0.15, 0.2) is 0 Å². The number of amides is 4. The van der Waals surface area contributed by atoms with Crippen LogP contribution in [0.3, 0.4) is 0 Å². The highest BCUT2D eigenvalue weighted by molar-refractivity contribution is 6.05. The van der Waals surface area contributed by atoms with Crippen molar-refractivity contribution in [1.29, 1.82) is 0 Å². The molecule has 3 heterocycles. The van der Waals surface area contributed by atoms with Gasteiger partial charge in [0.25, 0.3) is 5.91 Å². The van der Waals surface area contributed by atoms with E-state index in [0.29, 0.717) is 11.5 Å². The number of carbonyl (C=O) groups excluding carboxylic acids is 3. The van der Waals surface area contributed by atoms with E-state index in [9.17, 15) is 14.4 Å². The van der Waals surface area contributed by atoms with Crippen LogP contribution in [-0.2, 0) is 22.7 Å². The lowest BCUT2D eigenvalue weighted by molar-refractivity contribution is -0.131. The molecule has 2 aromatic rings. The van der Waals surface area contributed by atoms with Gasteiger partial charge in [-0.2, -0.15) is 0 Å². The zero-order valence-corrected chi connectivity index (χ0v) is 12.8.